The molecule has 1 aromatic carbocycles. The monoisotopic (exact) mass is 280 g/mol. The van der Waals surface area contributed by atoms with Gasteiger partial charge in [0.2, 0.25) is 5.91 Å². The minimum absolute atomic E-state index is 0.0467. The van der Waals surface area contributed by atoms with Crippen LogP contribution in [0.3, 0.4) is 0 Å². The Labute approximate surface area is 122 Å². The number of fused-ring (bicyclic) bond motifs is 1. The second kappa shape index (κ2) is 5.75. The lowest BCUT2D eigenvalue weighted by molar-refractivity contribution is -0.116. The largest absolute Gasteiger partial charge is 0.330 e. The molecule has 0 radical (unpaired) electrons. The van der Waals surface area contributed by atoms with Gasteiger partial charge in [-0.1, -0.05) is 18.2 Å². The molecule has 0 aliphatic carbocycles. The molecule has 0 atom stereocenters. The van der Waals surface area contributed by atoms with E-state index in [1.54, 1.807) is 12.5 Å². The van der Waals surface area contributed by atoms with Gasteiger partial charge in [-0.25, -0.2) is 9.97 Å². The zero-order chi connectivity index (χ0) is 14.7. The van der Waals surface area contributed by atoms with Crippen LogP contribution < -0.4 is 5.32 Å². The molecule has 1 amide bonds. The van der Waals surface area contributed by atoms with Crippen molar-refractivity contribution in [2.24, 2.45) is 0 Å². The third-order valence-corrected chi connectivity index (χ3v) is 3.37. The first-order valence-electron chi connectivity index (χ1n) is 6.85. The van der Waals surface area contributed by atoms with E-state index in [4.69, 9.17) is 0 Å². The van der Waals surface area contributed by atoms with Gasteiger partial charge in [0.25, 0.3) is 0 Å². The SMILES string of the molecule is Cc1cccnc1NC(=O)CCn1cnc2ccccc21. The number of anilines is 1. The van der Waals surface area contributed by atoms with Crippen molar-refractivity contribution in [3.8, 4) is 0 Å². The van der Waals surface area contributed by atoms with Crippen molar-refractivity contribution in [3.05, 3.63) is 54.5 Å². The predicted molar refractivity (Wildman–Crippen MR) is 82.0 cm³/mol. The second-order valence-electron chi connectivity index (χ2n) is 4.89. The molecule has 3 rings (SSSR count). The summed E-state index contributed by atoms with van der Waals surface area (Å²) in [5.41, 5.74) is 2.94. The first kappa shape index (κ1) is 13.3. The molecule has 0 aliphatic rings. The minimum Gasteiger partial charge on any atom is -0.330 e. The maximum atomic E-state index is 12.0. The highest BCUT2D eigenvalue weighted by Gasteiger charge is 2.07. The van der Waals surface area contributed by atoms with E-state index in [2.05, 4.69) is 15.3 Å². The highest BCUT2D eigenvalue weighted by Crippen LogP contribution is 2.13. The molecule has 21 heavy (non-hydrogen) atoms. The van der Waals surface area contributed by atoms with Crippen molar-refractivity contribution in [3.63, 3.8) is 0 Å². The van der Waals surface area contributed by atoms with Crippen molar-refractivity contribution in [2.45, 2.75) is 19.9 Å². The molecular weight excluding hydrogens is 264 g/mol. The Kier molecular flexibility index (Phi) is 3.64. The number of benzene rings is 1. The average molecular weight is 280 g/mol. The van der Waals surface area contributed by atoms with Crippen LogP contribution in [-0.2, 0) is 11.3 Å². The topological polar surface area (TPSA) is 59.8 Å². The number of aryl methyl sites for hydroxylation is 2. The number of aromatic nitrogens is 3. The number of hydrogen-bond acceptors (Lipinski definition) is 3. The zero-order valence-electron chi connectivity index (χ0n) is 11.8. The summed E-state index contributed by atoms with van der Waals surface area (Å²) in [4.78, 5) is 20.5. The molecule has 3 aromatic rings. The molecule has 0 unspecified atom stereocenters. The molecular formula is C16H16N4O. The summed E-state index contributed by atoms with van der Waals surface area (Å²) in [6, 6.07) is 11.7. The molecule has 1 N–H and O–H groups in total. The van der Waals surface area contributed by atoms with Gasteiger partial charge in [-0.3, -0.25) is 4.79 Å². The van der Waals surface area contributed by atoms with Crippen molar-refractivity contribution >= 4 is 22.8 Å². The van der Waals surface area contributed by atoms with Gasteiger partial charge >= 0.3 is 0 Å². The van der Waals surface area contributed by atoms with Gasteiger partial charge in [0.1, 0.15) is 5.82 Å². The summed E-state index contributed by atoms with van der Waals surface area (Å²) in [5.74, 6) is 0.576. The predicted octanol–water partition coefficient (Wildman–Crippen LogP) is 2.77. The first-order valence-corrected chi connectivity index (χ1v) is 6.85. The number of hydrogen-bond donors (Lipinski definition) is 1. The number of imidazole rings is 1. The number of carbonyl (C=O) groups excluding carboxylic acids is 1. The highest BCUT2D eigenvalue weighted by atomic mass is 16.1. The standard InChI is InChI=1S/C16H16N4O/c1-12-5-4-9-17-16(12)19-15(21)8-10-20-11-18-13-6-2-3-7-14(13)20/h2-7,9,11H,8,10H2,1H3,(H,17,19,21). The van der Waals surface area contributed by atoms with Crippen LogP contribution in [0.4, 0.5) is 5.82 Å². The fourth-order valence-corrected chi connectivity index (χ4v) is 2.22. The number of para-hydroxylation sites is 2. The highest BCUT2D eigenvalue weighted by molar-refractivity contribution is 5.90. The molecule has 5 heteroatoms. The molecule has 0 saturated carbocycles. The second-order valence-corrected chi connectivity index (χ2v) is 4.89. The Hall–Kier alpha value is -2.69. The Bertz CT molecular complexity index is 779. The molecule has 2 heterocycles. The molecule has 0 bridgehead atoms. The molecule has 0 saturated heterocycles. The third kappa shape index (κ3) is 2.91. The minimum atomic E-state index is -0.0467. The van der Waals surface area contributed by atoms with Crippen molar-refractivity contribution in [1.82, 2.24) is 14.5 Å². The number of amides is 1. The number of pyridine rings is 1. The maximum absolute atomic E-state index is 12.0. The summed E-state index contributed by atoms with van der Waals surface area (Å²) in [7, 11) is 0. The van der Waals surface area contributed by atoms with Crippen LogP contribution in [0, 0.1) is 6.92 Å². The van der Waals surface area contributed by atoms with E-state index in [0.29, 0.717) is 18.8 Å². The Morgan fingerprint density at radius 1 is 1.19 bits per heavy atom. The van der Waals surface area contributed by atoms with E-state index >= 15 is 0 Å². The van der Waals surface area contributed by atoms with Gasteiger partial charge in [-0.05, 0) is 30.7 Å². The summed E-state index contributed by atoms with van der Waals surface area (Å²) >= 11 is 0. The Morgan fingerprint density at radius 3 is 2.90 bits per heavy atom. The zero-order valence-corrected chi connectivity index (χ0v) is 11.8. The molecule has 0 fully saturated rings. The lowest BCUT2D eigenvalue weighted by Gasteiger charge is -2.07. The molecule has 0 aliphatic heterocycles. The summed E-state index contributed by atoms with van der Waals surface area (Å²) in [6.07, 6.45) is 3.83. The summed E-state index contributed by atoms with van der Waals surface area (Å²) < 4.78 is 1.99. The quantitative estimate of drug-likeness (QED) is 0.799. The van der Waals surface area contributed by atoms with E-state index in [1.165, 1.54) is 0 Å². The number of nitrogens with one attached hydrogen (secondary N) is 1. The van der Waals surface area contributed by atoms with E-state index < -0.39 is 0 Å². The summed E-state index contributed by atoms with van der Waals surface area (Å²) in [6.45, 7) is 2.52. The fourth-order valence-electron chi connectivity index (χ4n) is 2.22. The molecule has 5 nitrogen and oxygen atoms in total. The van der Waals surface area contributed by atoms with E-state index in [9.17, 15) is 4.79 Å². The lowest BCUT2D eigenvalue weighted by Crippen LogP contribution is -2.15. The Morgan fingerprint density at radius 2 is 2.05 bits per heavy atom. The van der Waals surface area contributed by atoms with Gasteiger partial charge in [0.15, 0.2) is 0 Å². The third-order valence-electron chi connectivity index (χ3n) is 3.37. The van der Waals surface area contributed by atoms with Crippen molar-refractivity contribution < 1.29 is 4.79 Å². The van der Waals surface area contributed by atoms with Crippen LogP contribution in [0.2, 0.25) is 0 Å². The number of carbonyl (C=O) groups is 1. The van der Waals surface area contributed by atoms with Crippen LogP contribution in [0.25, 0.3) is 11.0 Å². The first-order chi connectivity index (χ1) is 10.2. The number of nitrogens with zero attached hydrogens (tertiary/aromatic N) is 3. The molecule has 106 valence electrons. The van der Waals surface area contributed by atoms with E-state index in [-0.39, 0.29) is 5.91 Å². The maximum Gasteiger partial charge on any atom is 0.227 e. The Balaban J connectivity index is 1.65. The van der Waals surface area contributed by atoms with E-state index in [1.807, 2.05) is 47.9 Å². The van der Waals surface area contributed by atoms with Gasteiger partial charge in [-0.15, -0.1) is 0 Å². The van der Waals surface area contributed by atoms with Gasteiger partial charge in [0, 0.05) is 19.2 Å². The van der Waals surface area contributed by atoms with Crippen LogP contribution in [0.1, 0.15) is 12.0 Å². The lowest BCUT2D eigenvalue weighted by atomic mass is 10.3. The molecule has 0 spiro atoms. The average Bonchev–Trinajstić information content (AvgIpc) is 2.91. The fraction of sp³-hybridized carbons (Fsp3) is 0.188. The summed E-state index contributed by atoms with van der Waals surface area (Å²) in [5, 5.41) is 2.84. The van der Waals surface area contributed by atoms with Crippen LogP contribution >= 0.6 is 0 Å². The van der Waals surface area contributed by atoms with Crippen LogP contribution in [0.15, 0.2) is 48.9 Å². The van der Waals surface area contributed by atoms with Gasteiger partial charge in [-0.2, -0.15) is 0 Å². The van der Waals surface area contributed by atoms with Crippen molar-refractivity contribution in [2.75, 3.05) is 5.32 Å². The smallest absolute Gasteiger partial charge is 0.227 e. The van der Waals surface area contributed by atoms with Crippen molar-refractivity contribution in [1.29, 1.82) is 0 Å². The van der Waals surface area contributed by atoms with Gasteiger partial charge in [0.05, 0.1) is 17.4 Å². The molecule has 2 aromatic heterocycles. The van der Waals surface area contributed by atoms with Gasteiger partial charge < -0.3 is 9.88 Å². The van der Waals surface area contributed by atoms with Crippen LogP contribution in [-0.4, -0.2) is 20.4 Å². The van der Waals surface area contributed by atoms with Crippen LogP contribution in [0.5, 0.6) is 0 Å². The number of rotatable bonds is 4. The normalized spacial score (nSPS) is 10.7. The van der Waals surface area contributed by atoms with E-state index in [0.717, 1.165) is 16.6 Å².